The molecule has 3 aliphatic carbocycles. The summed E-state index contributed by atoms with van der Waals surface area (Å²) in [4.78, 5) is 0. The molecule has 3 fully saturated rings. The summed E-state index contributed by atoms with van der Waals surface area (Å²) in [6, 6.07) is 0. The zero-order valence-electron chi connectivity index (χ0n) is 9.06. The molecule has 1 N–H and O–H groups in total. The number of fused-ring (bicyclic) bond motifs is 2. The van der Waals surface area contributed by atoms with Crippen molar-refractivity contribution in [3.8, 4) is 0 Å². The van der Waals surface area contributed by atoms with Crippen LogP contribution in [0.2, 0.25) is 0 Å². The van der Waals surface area contributed by atoms with Gasteiger partial charge in [-0.3, -0.25) is 0 Å². The second-order valence-corrected chi connectivity index (χ2v) is 6.01. The summed E-state index contributed by atoms with van der Waals surface area (Å²) in [5.41, 5.74) is 1.42. The highest BCUT2D eigenvalue weighted by atomic mass is 14.9. The molecule has 0 saturated heterocycles. The maximum absolute atomic E-state index is 3.38. The summed E-state index contributed by atoms with van der Waals surface area (Å²) in [6.07, 6.45) is 4.62. The first-order valence-corrected chi connectivity index (χ1v) is 5.79. The lowest BCUT2D eigenvalue weighted by atomic mass is 9.90. The molecule has 0 aliphatic heterocycles. The van der Waals surface area contributed by atoms with Gasteiger partial charge in [0.05, 0.1) is 0 Å². The second kappa shape index (κ2) is 2.13. The van der Waals surface area contributed by atoms with Gasteiger partial charge in [0, 0.05) is 0 Å². The number of hydrogen-bond acceptors (Lipinski definition) is 1. The van der Waals surface area contributed by atoms with E-state index in [0.29, 0.717) is 5.41 Å². The molecule has 3 saturated carbocycles. The van der Waals surface area contributed by atoms with Crippen LogP contribution in [-0.2, 0) is 0 Å². The molecule has 13 heavy (non-hydrogen) atoms. The fraction of sp³-hybridized carbons (Fsp3) is 1.00. The zero-order chi connectivity index (χ0) is 9.27. The van der Waals surface area contributed by atoms with Crippen LogP contribution in [0.5, 0.6) is 0 Å². The van der Waals surface area contributed by atoms with E-state index in [1.54, 1.807) is 6.42 Å². The Morgan fingerprint density at radius 1 is 1.38 bits per heavy atom. The lowest BCUT2D eigenvalue weighted by Gasteiger charge is -2.14. The summed E-state index contributed by atoms with van der Waals surface area (Å²) in [6.45, 7) is 6.24. The van der Waals surface area contributed by atoms with E-state index in [0.717, 1.165) is 23.2 Å². The molecule has 4 atom stereocenters. The van der Waals surface area contributed by atoms with Crippen molar-refractivity contribution < 1.29 is 0 Å². The molecule has 4 unspecified atom stereocenters. The normalized spacial score (nSPS) is 55.2. The molecule has 3 aliphatic rings. The van der Waals surface area contributed by atoms with Gasteiger partial charge < -0.3 is 5.32 Å². The first-order chi connectivity index (χ1) is 6.14. The van der Waals surface area contributed by atoms with Gasteiger partial charge in [0.15, 0.2) is 0 Å². The van der Waals surface area contributed by atoms with Gasteiger partial charge in [0.1, 0.15) is 0 Å². The Balaban J connectivity index is 1.85. The Morgan fingerprint density at radius 2 is 2.15 bits per heavy atom. The smallest absolute Gasteiger partial charge is 0.00126 e. The van der Waals surface area contributed by atoms with Gasteiger partial charge in [-0.1, -0.05) is 13.8 Å². The van der Waals surface area contributed by atoms with E-state index in [9.17, 15) is 0 Å². The zero-order valence-corrected chi connectivity index (χ0v) is 9.06. The minimum Gasteiger partial charge on any atom is -0.319 e. The van der Waals surface area contributed by atoms with Crippen LogP contribution in [0.1, 0.15) is 33.1 Å². The average Bonchev–Trinajstić information content (AvgIpc) is 2.88. The monoisotopic (exact) mass is 179 g/mol. The molecule has 1 spiro atoms. The predicted molar refractivity (Wildman–Crippen MR) is 54.5 cm³/mol. The van der Waals surface area contributed by atoms with Crippen LogP contribution in [-0.4, -0.2) is 13.6 Å². The van der Waals surface area contributed by atoms with Crippen LogP contribution in [0, 0.1) is 28.6 Å². The predicted octanol–water partition coefficient (Wildman–Crippen LogP) is 2.28. The van der Waals surface area contributed by atoms with E-state index >= 15 is 0 Å². The van der Waals surface area contributed by atoms with Gasteiger partial charge >= 0.3 is 0 Å². The van der Waals surface area contributed by atoms with E-state index in [1.165, 1.54) is 19.4 Å². The standard InChI is InChI=1S/C12H21N/c1-11(2)10(7-13-3)12(11)5-4-8-6-9(8)12/h8-10,13H,4-7H2,1-3H3. The number of nitrogens with one attached hydrogen (secondary N) is 1. The first kappa shape index (κ1) is 8.28. The van der Waals surface area contributed by atoms with Crippen LogP contribution in [0.15, 0.2) is 0 Å². The van der Waals surface area contributed by atoms with Crippen molar-refractivity contribution in [3.05, 3.63) is 0 Å². The molecule has 1 heteroatoms. The Bertz CT molecular complexity index is 246. The summed E-state index contributed by atoms with van der Waals surface area (Å²) in [5, 5.41) is 3.38. The fourth-order valence-electron chi connectivity index (χ4n) is 4.68. The third kappa shape index (κ3) is 0.743. The lowest BCUT2D eigenvalue weighted by Crippen LogP contribution is -2.15. The lowest BCUT2D eigenvalue weighted by molar-refractivity contribution is 0.341. The topological polar surface area (TPSA) is 12.0 Å². The van der Waals surface area contributed by atoms with Crippen LogP contribution in [0.25, 0.3) is 0 Å². The quantitative estimate of drug-likeness (QED) is 0.685. The maximum atomic E-state index is 3.38. The Hall–Kier alpha value is -0.0400. The van der Waals surface area contributed by atoms with E-state index in [2.05, 4.69) is 26.2 Å². The van der Waals surface area contributed by atoms with Crippen molar-refractivity contribution in [1.29, 1.82) is 0 Å². The second-order valence-electron chi connectivity index (χ2n) is 6.01. The molecule has 0 aromatic heterocycles. The van der Waals surface area contributed by atoms with E-state index < -0.39 is 0 Å². The number of rotatable bonds is 2. The van der Waals surface area contributed by atoms with E-state index in [-0.39, 0.29) is 0 Å². The molecule has 74 valence electrons. The van der Waals surface area contributed by atoms with E-state index in [1.807, 2.05) is 0 Å². The van der Waals surface area contributed by atoms with Gasteiger partial charge in [-0.15, -0.1) is 0 Å². The van der Waals surface area contributed by atoms with Crippen LogP contribution >= 0.6 is 0 Å². The highest BCUT2D eigenvalue weighted by molar-refractivity contribution is 5.27. The van der Waals surface area contributed by atoms with Crippen molar-refractivity contribution in [2.45, 2.75) is 33.1 Å². The molecule has 3 rings (SSSR count). The third-order valence-corrected chi connectivity index (χ3v) is 5.53. The van der Waals surface area contributed by atoms with E-state index in [4.69, 9.17) is 0 Å². The summed E-state index contributed by atoms with van der Waals surface area (Å²) in [7, 11) is 2.10. The molecule has 0 aromatic rings. The Labute approximate surface area is 81.3 Å². The molecule has 0 amide bonds. The summed E-state index contributed by atoms with van der Waals surface area (Å²) in [5.74, 6) is 3.24. The Morgan fingerprint density at radius 3 is 2.62 bits per heavy atom. The minimum absolute atomic E-state index is 0.645. The number of hydrogen-bond donors (Lipinski definition) is 1. The van der Waals surface area contributed by atoms with Gasteiger partial charge in [0.2, 0.25) is 0 Å². The molecular weight excluding hydrogens is 158 g/mol. The van der Waals surface area contributed by atoms with Crippen LogP contribution in [0.3, 0.4) is 0 Å². The molecule has 0 heterocycles. The van der Waals surface area contributed by atoms with Crippen molar-refractivity contribution >= 4 is 0 Å². The highest BCUT2D eigenvalue weighted by Gasteiger charge is 2.79. The van der Waals surface area contributed by atoms with Crippen molar-refractivity contribution in [3.63, 3.8) is 0 Å². The Kier molecular flexibility index (Phi) is 1.36. The first-order valence-electron chi connectivity index (χ1n) is 5.79. The SMILES string of the molecule is CNCC1C(C)(C)C12CCC1CC12. The molecule has 0 aromatic carbocycles. The van der Waals surface area contributed by atoms with Crippen molar-refractivity contribution in [2.24, 2.45) is 28.6 Å². The average molecular weight is 179 g/mol. The molecule has 0 bridgehead atoms. The molecule has 0 radical (unpaired) electrons. The van der Waals surface area contributed by atoms with Crippen LogP contribution < -0.4 is 5.32 Å². The minimum atomic E-state index is 0.645. The summed E-state index contributed by atoms with van der Waals surface area (Å²) >= 11 is 0. The third-order valence-electron chi connectivity index (χ3n) is 5.53. The van der Waals surface area contributed by atoms with Crippen molar-refractivity contribution in [2.75, 3.05) is 13.6 Å². The largest absolute Gasteiger partial charge is 0.319 e. The molecule has 1 nitrogen and oxygen atoms in total. The maximum Gasteiger partial charge on any atom is -0.00126 e. The van der Waals surface area contributed by atoms with Gasteiger partial charge in [-0.25, -0.2) is 0 Å². The fourth-order valence-corrected chi connectivity index (χ4v) is 4.68. The highest BCUT2D eigenvalue weighted by Crippen LogP contribution is 2.84. The van der Waals surface area contributed by atoms with Gasteiger partial charge in [0.25, 0.3) is 0 Å². The molecular formula is C12H21N. The van der Waals surface area contributed by atoms with Gasteiger partial charge in [-0.2, -0.15) is 0 Å². The summed E-state index contributed by atoms with van der Waals surface area (Å²) < 4.78 is 0. The van der Waals surface area contributed by atoms with Crippen LogP contribution in [0.4, 0.5) is 0 Å². The van der Waals surface area contributed by atoms with Crippen molar-refractivity contribution in [1.82, 2.24) is 5.32 Å². The van der Waals surface area contributed by atoms with Gasteiger partial charge in [-0.05, 0) is 61.4 Å².